The van der Waals surface area contributed by atoms with Gasteiger partial charge < -0.3 is 15.0 Å². The Morgan fingerprint density at radius 3 is 2.53 bits per heavy atom. The number of amides is 1. The summed E-state index contributed by atoms with van der Waals surface area (Å²) >= 11 is 0. The number of carbonyl (C=O) groups excluding carboxylic acids is 1. The number of hydrogen-bond donors (Lipinski definition) is 1. The molecule has 2 aromatic rings. The molecule has 1 fully saturated rings. The van der Waals surface area contributed by atoms with Gasteiger partial charge in [-0.05, 0) is 36.8 Å². The third kappa shape index (κ3) is 5.37. The summed E-state index contributed by atoms with van der Waals surface area (Å²) in [4.78, 5) is 16.5. The number of halogens is 5. The van der Waals surface area contributed by atoms with E-state index in [1.54, 1.807) is 36.1 Å². The average molecular weight is 429 g/mol. The highest BCUT2D eigenvalue weighted by Gasteiger charge is 2.33. The van der Waals surface area contributed by atoms with Gasteiger partial charge in [-0.15, -0.1) is 0 Å². The fourth-order valence-electron chi connectivity index (χ4n) is 3.18. The van der Waals surface area contributed by atoms with E-state index in [0.29, 0.717) is 30.8 Å². The minimum absolute atomic E-state index is 0.233. The molecule has 5 nitrogen and oxygen atoms in total. The Kier molecular flexibility index (Phi) is 6.42. The first-order valence-corrected chi connectivity index (χ1v) is 9.28. The number of benzene rings is 1. The van der Waals surface area contributed by atoms with E-state index in [2.05, 4.69) is 10.3 Å². The van der Waals surface area contributed by atoms with Crippen molar-refractivity contribution in [1.29, 1.82) is 0 Å². The van der Waals surface area contributed by atoms with Crippen LogP contribution in [0.1, 0.15) is 30.6 Å². The van der Waals surface area contributed by atoms with Crippen LogP contribution in [0.4, 0.5) is 27.8 Å². The van der Waals surface area contributed by atoms with Crippen molar-refractivity contribution < 1.29 is 31.5 Å². The summed E-state index contributed by atoms with van der Waals surface area (Å²) in [6.45, 7) is 2.48. The van der Waals surface area contributed by atoms with Gasteiger partial charge in [-0.1, -0.05) is 18.2 Å². The largest absolute Gasteiger partial charge is 0.489 e. The number of pyridine rings is 1. The van der Waals surface area contributed by atoms with Crippen molar-refractivity contribution >= 4 is 11.7 Å². The molecule has 0 aliphatic carbocycles. The molecular formula is C20H20F5N3O2. The normalized spacial score (nSPS) is 17.8. The zero-order chi connectivity index (χ0) is 21.9. The molecule has 0 spiro atoms. The molecule has 2 atom stereocenters. The van der Waals surface area contributed by atoms with Gasteiger partial charge in [0.2, 0.25) is 0 Å². The minimum Gasteiger partial charge on any atom is -0.489 e. The molecule has 1 aromatic carbocycles. The third-order valence-electron chi connectivity index (χ3n) is 4.73. The molecule has 1 amide bonds. The van der Waals surface area contributed by atoms with E-state index in [1.807, 2.05) is 0 Å². The monoisotopic (exact) mass is 429 g/mol. The fourth-order valence-corrected chi connectivity index (χ4v) is 3.18. The van der Waals surface area contributed by atoms with Crippen LogP contribution in [0.2, 0.25) is 0 Å². The van der Waals surface area contributed by atoms with Crippen LogP contribution >= 0.6 is 0 Å². The maximum atomic E-state index is 12.9. The SMILES string of the molecule is C[C@H](NC(=O)C(F)F)c1ccc(O[C@@H]2CCN(c3cccc(C(F)(F)F)n3)C2)cc1. The lowest BCUT2D eigenvalue weighted by atomic mass is 10.1. The number of anilines is 1. The van der Waals surface area contributed by atoms with E-state index in [-0.39, 0.29) is 11.9 Å². The highest BCUT2D eigenvalue weighted by atomic mass is 19.4. The van der Waals surface area contributed by atoms with Crippen molar-refractivity contribution in [2.75, 3.05) is 18.0 Å². The Hall–Kier alpha value is -2.91. The van der Waals surface area contributed by atoms with Gasteiger partial charge in [0, 0.05) is 13.0 Å². The molecule has 10 heteroatoms. The van der Waals surface area contributed by atoms with Crippen LogP contribution in [0.25, 0.3) is 0 Å². The molecule has 1 aromatic heterocycles. The number of aromatic nitrogens is 1. The fraction of sp³-hybridized carbons (Fsp3) is 0.400. The number of rotatable bonds is 6. The Balaban J connectivity index is 1.57. The highest BCUT2D eigenvalue weighted by Crippen LogP contribution is 2.30. The Morgan fingerprint density at radius 2 is 1.90 bits per heavy atom. The summed E-state index contributed by atoms with van der Waals surface area (Å²) in [5.74, 6) is -0.554. The Morgan fingerprint density at radius 1 is 1.20 bits per heavy atom. The topological polar surface area (TPSA) is 54.5 Å². The van der Waals surface area contributed by atoms with E-state index in [0.717, 1.165) is 6.07 Å². The number of nitrogens with zero attached hydrogens (tertiary/aromatic N) is 2. The number of hydrogen-bond acceptors (Lipinski definition) is 4. The standard InChI is InChI=1S/C20H20F5N3O2/c1-12(26-19(29)18(21)22)13-5-7-14(8-6-13)30-15-9-10-28(11-15)17-4-2-3-16(27-17)20(23,24)25/h2-8,12,15,18H,9-11H2,1H3,(H,26,29)/t12-,15+/m0/s1. The maximum absolute atomic E-state index is 12.9. The summed E-state index contributed by atoms with van der Waals surface area (Å²) in [5.41, 5.74) is -0.300. The van der Waals surface area contributed by atoms with Crippen molar-refractivity contribution in [1.82, 2.24) is 10.3 Å². The molecular weight excluding hydrogens is 409 g/mol. The van der Waals surface area contributed by atoms with Gasteiger partial charge in [0.15, 0.2) is 0 Å². The van der Waals surface area contributed by atoms with Gasteiger partial charge in [-0.3, -0.25) is 4.79 Å². The molecule has 0 bridgehead atoms. The predicted molar refractivity (Wildman–Crippen MR) is 99.5 cm³/mol. The lowest BCUT2D eigenvalue weighted by Crippen LogP contribution is -2.31. The molecule has 0 saturated carbocycles. The summed E-state index contributed by atoms with van der Waals surface area (Å²) in [5, 5.41) is 2.20. The molecule has 1 aliphatic rings. The second kappa shape index (κ2) is 8.85. The van der Waals surface area contributed by atoms with Crippen LogP contribution in [0.15, 0.2) is 42.5 Å². The molecule has 1 saturated heterocycles. The number of ether oxygens (including phenoxy) is 1. The second-order valence-electron chi connectivity index (χ2n) is 6.95. The van der Waals surface area contributed by atoms with E-state index in [1.165, 1.54) is 12.1 Å². The molecule has 1 aliphatic heterocycles. The molecule has 2 heterocycles. The Labute approximate surface area is 169 Å². The summed E-state index contributed by atoms with van der Waals surface area (Å²) < 4.78 is 69.1. The summed E-state index contributed by atoms with van der Waals surface area (Å²) in [6.07, 6.45) is -7.20. The van der Waals surface area contributed by atoms with Gasteiger partial charge in [0.05, 0.1) is 12.6 Å². The van der Waals surface area contributed by atoms with Gasteiger partial charge in [-0.25, -0.2) is 4.98 Å². The van der Waals surface area contributed by atoms with Gasteiger partial charge in [0.25, 0.3) is 5.91 Å². The van der Waals surface area contributed by atoms with Gasteiger partial charge in [-0.2, -0.15) is 22.0 Å². The molecule has 30 heavy (non-hydrogen) atoms. The smallest absolute Gasteiger partial charge is 0.433 e. The average Bonchev–Trinajstić information content (AvgIpc) is 3.16. The first-order valence-electron chi connectivity index (χ1n) is 9.28. The van der Waals surface area contributed by atoms with E-state index in [9.17, 15) is 26.7 Å². The quantitative estimate of drug-likeness (QED) is 0.700. The van der Waals surface area contributed by atoms with Crippen molar-refractivity contribution in [3.63, 3.8) is 0 Å². The molecule has 0 radical (unpaired) electrons. The highest BCUT2D eigenvalue weighted by molar-refractivity contribution is 5.79. The minimum atomic E-state index is -4.50. The maximum Gasteiger partial charge on any atom is 0.433 e. The lowest BCUT2D eigenvalue weighted by molar-refractivity contribution is -0.141. The van der Waals surface area contributed by atoms with Gasteiger partial charge in [0.1, 0.15) is 23.4 Å². The van der Waals surface area contributed by atoms with Crippen LogP contribution in [-0.2, 0) is 11.0 Å². The first-order chi connectivity index (χ1) is 14.1. The van der Waals surface area contributed by atoms with E-state index < -0.39 is 30.2 Å². The molecule has 162 valence electrons. The van der Waals surface area contributed by atoms with Crippen molar-refractivity contribution in [3.8, 4) is 5.75 Å². The van der Waals surface area contributed by atoms with Crippen LogP contribution in [0, 0.1) is 0 Å². The van der Waals surface area contributed by atoms with Crippen molar-refractivity contribution in [2.24, 2.45) is 0 Å². The van der Waals surface area contributed by atoms with Crippen LogP contribution in [0.5, 0.6) is 5.75 Å². The van der Waals surface area contributed by atoms with Crippen molar-refractivity contribution in [3.05, 3.63) is 53.7 Å². The predicted octanol–water partition coefficient (Wildman–Crippen LogP) is 4.20. The molecule has 3 rings (SSSR count). The first kappa shape index (κ1) is 21.8. The Bertz CT molecular complexity index is 873. The summed E-state index contributed by atoms with van der Waals surface area (Å²) in [7, 11) is 0. The van der Waals surface area contributed by atoms with E-state index in [4.69, 9.17) is 4.74 Å². The van der Waals surface area contributed by atoms with Gasteiger partial charge >= 0.3 is 12.6 Å². The van der Waals surface area contributed by atoms with Crippen LogP contribution in [-0.4, -0.2) is 36.5 Å². The zero-order valence-corrected chi connectivity index (χ0v) is 16.0. The second-order valence-corrected chi connectivity index (χ2v) is 6.95. The van der Waals surface area contributed by atoms with Crippen LogP contribution < -0.4 is 15.0 Å². The lowest BCUT2D eigenvalue weighted by Gasteiger charge is -2.19. The zero-order valence-electron chi connectivity index (χ0n) is 16.0. The van der Waals surface area contributed by atoms with E-state index >= 15 is 0 Å². The third-order valence-corrected chi connectivity index (χ3v) is 4.73. The number of nitrogens with one attached hydrogen (secondary N) is 1. The number of carbonyl (C=O) groups is 1. The van der Waals surface area contributed by atoms with Crippen LogP contribution in [0.3, 0.4) is 0 Å². The number of alkyl halides is 5. The van der Waals surface area contributed by atoms with Crippen molar-refractivity contribution in [2.45, 2.75) is 38.1 Å². The molecule has 0 unspecified atom stereocenters. The summed E-state index contributed by atoms with van der Waals surface area (Å²) in [6, 6.07) is 9.83. The molecule has 1 N–H and O–H groups in total.